The van der Waals surface area contributed by atoms with Crippen molar-refractivity contribution in [3.8, 4) is 0 Å². The fourth-order valence-electron chi connectivity index (χ4n) is 2.58. The highest BCUT2D eigenvalue weighted by Gasteiger charge is 2.30. The van der Waals surface area contributed by atoms with Crippen molar-refractivity contribution in [3.63, 3.8) is 0 Å². The molecule has 1 amide bonds. The van der Waals surface area contributed by atoms with Gasteiger partial charge >= 0.3 is 6.09 Å². The van der Waals surface area contributed by atoms with Gasteiger partial charge in [-0.25, -0.2) is 4.79 Å². The maximum absolute atomic E-state index is 11.7. The highest BCUT2D eigenvalue weighted by Crippen LogP contribution is 2.20. The standard InChI is InChI=1S/C17H21N3O3/c1-12-7-16(23-20-12)10-18-14-8-15(9-14)19-17(21)22-11-13-5-3-2-4-6-13/h2-7,14-15,18H,8-11H2,1H3,(H,19,21). The summed E-state index contributed by atoms with van der Waals surface area (Å²) in [6.07, 6.45) is 1.43. The summed E-state index contributed by atoms with van der Waals surface area (Å²) in [5, 5.41) is 10.1. The number of carbonyl (C=O) groups excluding carboxylic acids is 1. The highest BCUT2D eigenvalue weighted by molar-refractivity contribution is 5.67. The second-order valence-corrected chi connectivity index (χ2v) is 5.89. The second kappa shape index (κ2) is 7.28. The Morgan fingerprint density at radius 3 is 2.78 bits per heavy atom. The van der Waals surface area contributed by atoms with E-state index in [1.54, 1.807) is 0 Å². The van der Waals surface area contributed by atoms with Crippen molar-refractivity contribution >= 4 is 6.09 Å². The average Bonchev–Trinajstić information content (AvgIpc) is 2.94. The molecule has 2 aromatic rings. The number of amides is 1. The lowest BCUT2D eigenvalue weighted by atomic mass is 9.87. The predicted octanol–water partition coefficient (Wildman–Crippen LogP) is 2.53. The smallest absolute Gasteiger partial charge is 0.407 e. The maximum atomic E-state index is 11.7. The number of hydrogen-bond donors (Lipinski definition) is 2. The molecule has 0 atom stereocenters. The Morgan fingerprint density at radius 2 is 2.09 bits per heavy atom. The van der Waals surface area contributed by atoms with Gasteiger partial charge in [-0.05, 0) is 25.3 Å². The molecule has 1 saturated carbocycles. The molecule has 0 bridgehead atoms. The fraction of sp³-hybridized carbons (Fsp3) is 0.412. The molecule has 0 saturated heterocycles. The molecule has 2 N–H and O–H groups in total. The molecule has 1 fully saturated rings. The Labute approximate surface area is 135 Å². The third-order valence-corrected chi connectivity index (χ3v) is 3.91. The van der Waals surface area contributed by atoms with Gasteiger partial charge < -0.3 is 19.9 Å². The van der Waals surface area contributed by atoms with Gasteiger partial charge in [0.25, 0.3) is 0 Å². The maximum Gasteiger partial charge on any atom is 0.407 e. The molecular formula is C17H21N3O3. The molecule has 122 valence electrons. The van der Waals surface area contributed by atoms with E-state index >= 15 is 0 Å². The third kappa shape index (κ3) is 4.56. The van der Waals surface area contributed by atoms with Crippen molar-refractivity contribution in [2.24, 2.45) is 0 Å². The first-order valence-electron chi connectivity index (χ1n) is 7.82. The van der Waals surface area contributed by atoms with Gasteiger partial charge in [0.15, 0.2) is 5.76 Å². The van der Waals surface area contributed by atoms with E-state index in [4.69, 9.17) is 9.26 Å². The van der Waals surface area contributed by atoms with Crippen LogP contribution in [0.5, 0.6) is 0 Å². The van der Waals surface area contributed by atoms with E-state index in [0.717, 1.165) is 29.9 Å². The van der Waals surface area contributed by atoms with E-state index in [1.807, 2.05) is 43.3 Å². The molecule has 0 radical (unpaired) electrons. The number of hydrogen-bond acceptors (Lipinski definition) is 5. The number of alkyl carbamates (subject to hydrolysis) is 1. The predicted molar refractivity (Wildman–Crippen MR) is 84.7 cm³/mol. The van der Waals surface area contributed by atoms with Crippen LogP contribution in [0.25, 0.3) is 0 Å². The lowest BCUT2D eigenvalue weighted by Gasteiger charge is -2.35. The van der Waals surface area contributed by atoms with Crippen LogP contribution >= 0.6 is 0 Å². The van der Waals surface area contributed by atoms with Crippen molar-refractivity contribution in [2.45, 2.75) is 45.0 Å². The molecule has 1 aliphatic rings. The van der Waals surface area contributed by atoms with Gasteiger partial charge in [0, 0.05) is 18.2 Å². The van der Waals surface area contributed by atoms with Crippen LogP contribution in [0.2, 0.25) is 0 Å². The van der Waals surface area contributed by atoms with Crippen LogP contribution in [0.1, 0.15) is 29.9 Å². The zero-order valence-electron chi connectivity index (χ0n) is 13.1. The summed E-state index contributed by atoms with van der Waals surface area (Å²) < 4.78 is 10.4. The zero-order valence-corrected chi connectivity index (χ0v) is 13.1. The summed E-state index contributed by atoms with van der Waals surface area (Å²) in [5.74, 6) is 0.834. The van der Waals surface area contributed by atoms with Gasteiger partial charge in [-0.3, -0.25) is 0 Å². The quantitative estimate of drug-likeness (QED) is 0.856. The highest BCUT2D eigenvalue weighted by atomic mass is 16.5. The number of carbonyl (C=O) groups is 1. The van der Waals surface area contributed by atoms with E-state index in [9.17, 15) is 4.79 Å². The van der Waals surface area contributed by atoms with Gasteiger partial charge in [-0.1, -0.05) is 35.5 Å². The molecule has 1 aromatic carbocycles. The van der Waals surface area contributed by atoms with E-state index in [0.29, 0.717) is 19.2 Å². The van der Waals surface area contributed by atoms with Crippen LogP contribution < -0.4 is 10.6 Å². The monoisotopic (exact) mass is 315 g/mol. The van der Waals surface area contributed by atoms with Crippen LogP contribution in [0, 0.1) is 6.92 Å². The van der Waals surface area contributed by atoms with E-state index in [-0.39, 0.29) is 12.1 Å². The molecule has 1 aliphatic carbocycles. The number of benzene rings is 1. The number of aryl methyl sites for hydroxylation is 1. The summed E-state index contributed by atoms with van der Waals surface area (Å²) in [6, 6.07) is 12.1. The normalized spacial score (nSPS) is 19.9. The molecule has 0 spiro atoms. The number of nitrogens with one attached hydrogen (secondary N) is 2. The Bertz CT molecular complexity index is 636. The Kier molecular flexibility index (Phi) is 4.92. The molecule has 6 nitrogen and oxygen atoms in total. The molecule has 23 heavy (non-hydrogen) atoms. The molecule has 1 heterocycles. The van der Waals surface area contributed by atoms with E-state index < -0.39 is 0 Å². The van der Waals surface area contributed by atoms with Crippen molar-refractivity contribution < 1.29 is 14.1 Å². The summed E-state index contributed by atoms with van der Waals surface area (Å²) in [7, 11) is 0. The number of nitrogens with zero attached hydrogens (tertiary/aromatic N) is 1. The van der Waals surface area contributed by atoms with Gasteiger partial charge in [0.1, 0.15) is 6.61 Å². The van der Waals surface area contributed by atoms with Crippen LogP contribution in [0.4, 0.5) is 4.79 Å². The lowest BCUT2D eigenvalue weighted by molar-refractivity contribution is 0.125. The van der Waals surface area contributed by atoms with E-state index in [2.05, 4.69) is 15.8 Å². The first-order valence-corrected chi connectivity index (χ1v) is 7.82. The number of ether oxygens (including phenoxy) is 1. The summed E-state index contributed by atoms with van der Waals surface area (Å²) in [6.45, 7) is 2.86. The number of aromatic nitrogens is 1. The lowest BCUT2D eigenvalue weighted by Crippen LogP contribution is -2.52. The van der Waals surface area contributed by atoms with Gasteiger partial charge in [0.05, 0.1) is 12.2 Å². The molecular weight excluding hydrogens is 294 g/mol. The minimum Gasteiger partial charge on any atom is -0.445 e. The summed E-state index contributed by atoms with van der Waals surface area (Å²) in [5.41, 5.74) is 1.87. The molecule has 3 rings (SSSR count). The first kappa shape index (κ1) is 15.6. The molecule has 0 unspecified atom stereocenters. The van der Waals surface area contributed by atoms with Gasteiger partial charge in [0.2, 0.25) is 0 Å². The van der Waals surface area contributed by atoms with Crippen LogP contribution in [-0.4, -0.2) is 23.3 Å². The van der Waals surface area contributed by atoms with Crippen molar-refractivity contribution in [2.75, 3.05) is 0 Å². The van der Waals surface area contributed by atoms with E-state index in [1.165, 1.54) is 0 Å². The minimum atomic E-state index is -0.358. The Morgan fingerprint density at radius 1 is 1.30 bits per heavy atom. The fourth-order valence-corrected chi connectivity index (χ4v) is 2.58. The minimum absolute atomic E-state index is 0.173. The summed E-state index contributed by atoms with van der Waals surface area (Å²) >= 11 is 0. The molecule has 6 heteroatoms. The zero-order chi connectivity index (χ0) is 16.1. The van der Waals surface area contributed by atoms with Crippen LogP contribution in [-0.2, 0) is 17.9 Å². The topological polar surface area (TPSA) is 76.4 Å². The summed E-state index contributed by atoms with van der Waals surface area (Å²) in [4.78, 5) is 11.7. The molecule has 0 aliphatic heterocycles. The second-order valence-electron chi connectivity index (χ2n) is 5.89. The van der Waals surface area contributed by atoms with Crippen molar-refractivity contribution in [3.05, 3.63) is 53.4 Å². The number of rotatable bonds is 6. The molecule has 1 aromatic heterocycles. The average molecular weight is 315 g/mol. The Hall–Kier alpha value is -2.34. The van der Waals surface area contributed by atoms with Crippen LogP contribution in [0.3, 0.4) is 0 Å². The Balaban J connectivity index is 1.30. The largest absolute Gasteiger partial charge is 0.445 e. The third-order valence-electron chi connectivity index (χ3n) is 3.91. The SMILES string of the molecule is Cc1cc(CNC2CC(NC(=O)OCc3ccccc3)C2)on1. The van der Waals surface area contributed by atoms with Gasteiger partial charge in [-0.15, -0.1) is 0 Å². The van der Waals surface area contributed by atoms with Gasteiger partial charge in [-0.2, -0.15) is 0 Å². The van der Waals surface area contributed by atoms with Crippen molar-refractivity contribution in [1.82, 2.24) is 15.8 Å². The van der Waals surface area contributed by atoms with Crippen molar-refractivity contribution in [1.29, 1.82) is 0 Å². The first-order chi connectivity index (χ1) is 11.2. The van der Waals surface area contributed by atoms with Crippen LogP contribution in [0.15, 0.2) is 40.9 Å².